The van der Waals surface area contributed by atoms with Gasteiger partial charge in [-0.1, -0.05) is 18.6 Å². The summed E-state index contributed by atoms with van der Waals surface area (Å²) in [4.78, 5) is 0. The Kier molecular flexibility index (Phi) is 4.49. The summed E-state index contributed by atoms with van der Waals surface area (Å²) in [7, 11) is 0. The van der Waals surface area contributed by atoms with E-state index < -0.39 is 23.6 Å². The number of rotatable bonds is 3. The molecule has 24 heavy (non-hydrogen) atoms. The van der Waals surface area contributed by atoms with Gasteiger partial charge in [0, 0.05) is 10.5 Å². The third-order valence-electron chi connectivity index (χ3n) is 4.54. The molecule has 1 N–H and O–H groups in total. The van der Waals surface area contributed by atoms with Crippen LogP contribution in [0.4, 0.5) is 22.0 Å². The van der Waals surface area contributed by atoms with Crippen LogP contribution in [-0.2, 0) is 5.60 Å². The van der Waals surface area contributed by atoms with Crippen LogP contribution in [0.15, 0.2) is 24.3 Å². The van der Waals surface area contributed by atoms with Crippen LogP contribution in [0.1, 0.15) is 37.7 Å². The molecule has 134 valence electrons. The molecule has 0 spiro atoms. The topological polar surface area (TPSA) is 29.5 Å². The predicted octanol–water partition coefficient (Wildman–Crippen LogP) is 4.86. The van der Waals surface area contributed by atoms with Gasteiger partial charge in [0.25, 0.3) is 0 Å². The number of hydrogen-bond donors (Lipinski definition) is 1. The minimum absolute atomic E-state index is 0.355. The van der Waals surface area contributed by atoms with E-state index in [9.17, 15) is 27.1 Å². The summed E-state index contributed by atoms with van der Waals surface area (Å²) < 4.78 is 66.1. The number of hydrogen-bond acceptors (Lipinski definition) is 3. The second-order valence-corrected chi connectivity index (χ2v) is 8.00. The first-order valence-corrected chi connectivity index (χ1v) is 8.65. The summed E-state index contributed by atoms with van der Waals surface area (Å²) in [5, 5.41) is 11.6. The largest absolute Gasteiger partial charge is 0.499 e. The molecule has 2 aliphatic heterocycles. The van der Waals surface area contributed by atoms with Crippen molar-refractivity contribution < 1.29 is 31.8 Å². The first-order chi connectivity index (χ1) is 11.1. The van der Waals surface area contributed by atoms with Gasteiger partial charge in [-0.25, -0.2) is 0 Å². The minimum Gasteiger partial charge on any atom is -0.426 e. The van der Waals surface area contributed by atoms with E-state index in [2.05, 4.69) is 4.74 Å². The maximum Gasteiger partial charge on any atom is 0.499 e. The van der Waals surface area contributed by atoms with E-state index in [1.807, 2.05) is 11.8 Å². The molecular weight excluding hydrogens is 351 g/mol. The Bertz CT molecular complexity index is 575. The fourth-order valence-electron chi connectivity index (χ4n) is 3.39. The highest BCUT2D eigenvalue weighted by molar-refractivity contribution is 8.00. The Morgan fingerprint density at radius 1 is 1.00 bits per heavy atom. The van der Waals surface area contributed by atoms with Gasteiger partial charge >= 0.3 is 12.3 Å². The van der Waals surface area contributed by atoms with Crippen LogP contribution in [0.2, 0.25) is 0 Å². The van der Waals surface area contributed by atoms with E-state index in [0.717, 1.165) is 31.4 Å². The van der Waals surface area contributed by atoms with Crippen molar-refractivity contribution in [3.05, 3.63) is 29.8 Å². The van der Waals surface area contributed by atoms with E-state index in [-0.39, 0.29) is 0 Å². The van der Waals surface area contributed by atoms with Crippen molar-refractivity contribution >= 4 is 11.8 Å². The number of halogens is 5. The van der Waals surface area contributed by atoms with Crippen molar-refractivity contribution in [3.8, 4) is 5.75 Å². The van der Waals surface area contributed by atoms with E-state index in [0.29, 0.717) is 28.9 Å². The molecule has 2 aliphatic rings. The Morgan fingerprint density at radius 2 is 1.54 bits per heavy atom. The monoisotopic (exact) mass is 368 g/mol. The third-order valence-corrected chi connectivity index (χ3v) is 6.11. The van der Waals surface area contributed by atoms with E-state index in [1.165, 1.54) is 12.1 Å². The predicted molar refractivity (Wildman–Crippen MR) is 80.2 cm³/mol. The summed E-state index contributed by atoms with van der Waals surface area (Å²) in [6.45, 7) is 0. The number of alkyl halides is 5. The van der Waals surface area contributed by atoms with Gasteiger partial charge < -0.3 is 9.84 Å². The quantitative estimate of drug-likeness (QED) is 0.773. The smallest absolute Gasteiger partial charge is 0.426 e. The first kappa shape index (κ1) is 17.8. The van der Waals surface area contributed by atoms with Gasteiger partial charge in [0.1, 0.15) is 5.75 Å². The molecule has 2 saturated heterocycles. The molecule has 0 radical (unpaired) electrons. The van der Waals surface area contributed by atoms with Crippen molar-refractivity contribution in [1.82, 2.24) is 0 Å². The molecule has 3 rings (SSSR count). The Balaban J connectivity index is 1.75. The normalized spacial score (nSPS) is 30.9. The maximum atomic E-state index is 12.9. The zero-order valence-electron chi connectivity index (χ0n) is 12.7. The Labute approximate surface area is 140 Å². The fraction of sp³-hybridized carbons (Fsp3) is 0.625. The molecule has 0 amide bonds. The van der Waals surface area contributed by atoms with Crippen LogP contribution in [0.5, 0.6) is 5.75 Å². The molecule has 2 unspecified atom stereocenters. The lowest BCUT2D eigenvalue weighted by Crippen LogP contribution is -2.42. The fourth-order valence-corrected chi connectivity index (χ4v) is 5.29. The van der Waals surface area contributed by atoms with E-state index >= 15 is 0 Å². The van der Waals surface area contributed by atoms with Crippen molar-refractivity contribution in [2.75, 3.05) is 0 Å². The molecule has 2 nitrogen and oxygen atoms in total. The lowest BCUT2D eigenvalue weighted by atomic mass is 9.80. The summed E-state index contributed by atoms with van der Waals surface area (Å²) in [6, 6.07) is 4.83. The van der Waals surface area contributed by atoms with Crippen LogP contribution in [0, 0.1) is 0 Å². The number of benzene rings is 1. The second-order valence-electron chi connectivity index (χ2n) is 6.39. The van der Waals surface area contributed by atoms with Crippen molar-refractivity contribution in [1.29, 1.82) is 0 Å². The highest BCUT2D eigenvalue weighted by Crippen LogP contribution is 2.49. The summed E-state index contributed by atoms with van der Waals surface area (Å²) >= 11 is 1.87. The SMILES string of the molecule is OC1(c2ccc(OC(F)(F)C(F)(F)F)cc2)CC2CCCC(C1)S2. The van der Waals surface area contributed by atoms with Crippen molar-refractivity contribution in [3.63, 3.8) is 0 Å². The lowest BCUT2D eigenvalue weighted by molar-refractivity contribution is -0.360. The molecular formula is C16H17F5O2S. The summed E-state index contributed by atoms with van der Waals surface area (Å²) in [6.07, 6.45) is -6.70. The summed E-state index contributed by atoms with van der Waals surface area (Å²) in [5.41, 5.74) is -0.533. The minimum atomic E-state index is -5.78. The Morgan fingerprint density at radius 3 is 2.04 bits per heavy atom. The first-order valence-electron chi connectivity index (χ1n) is 7.71. The standard InChI is InChI=1S/C16H17F5O2S/c17-15(18,19)16(20,21)23-11-6-4-10(5-7-11)14(22)8-12-2-1-3-13(9-14)24-12/h4-7,12-13,22H,1-3,8-9H2. The van der Waals surface area contributed by atoms with Gasteiger partial charge in [-0.2, -0.15) is 33.7 Å². The van der Waals surface area contributed by atoms with Gasteiger partial charge in [0.2, 0.25) is 0 Å². The number of fused-ring (bicyclic) bond motifs is 2. The van der Waals surface area contributed by atoms with Crippen LogP contribution in [0.25, 0.3) is 0 Å². The van der Waals surface area contributed by atoms with Crippen LogP contribution in [-0.4, -0.2) is 27.9 Å². The van der Waals surface area contributed by atoms with Crippen LogP contribution >= 0.6 is 11.8 Å². The zero-order chi connectivity index (χ0) is 17.6. The van der Waals surface area contributed by atoms with E-state index in [1.54, 1.807) is 0 Å². The van der Waals surface area contributed by atoms with Crippen molar-refractivity contribution in [2.24, 2.45) is 0 Å². The van der Waals surface area contributed by atoms with Crippen LogP contribution < -0.4 is 4.74 Å². The van der Waals surface area contributed by atoms with Crippen molar-refractivity contribution in [2.45, 2.75) is 60.5 Å². The molecule has 2 bridgehead atoms. The molecule has 2 atom stereocenters. The van der Waals surface area contributed by atoms with Gasteiger partial charge in [0.15, 0.2) is 0 Å². The number of ether oxygens (including phenoxy) is 1. The molecule has 2 fully saturated rings. The molecule has 1 aromatic rings. The van der Waals surface area contributed by atoms with Gasteiger partial charge in [-0.05, 0) is 43.4 Å². The molecule has 8 heteroatoms. The highest BCUT2D eigenvalue weighted by Gasteiger charge is 2.61. The summed E-state index contributed by atoms with van der Waals surface area (Å²) in [5.74, 6) is -0.588. The lowest BCUT2D eigenvalue weighted by Gasteiger charge is -2.44. The van der Waals surface area contributed by atoms with Gasteiger partial charge in [-0.15, -0.1) is 0 Å². The van der Waals surface area contributed by atoms with E-state index in [4.69, 9.17) is 0 Å². The average molecular weight is 368 g/mol. The Hall–Kier alpha value is -1.02. The molecule has 0 aliphatic carbocycles. The zero-order valence-corrected chi connectivity index (χ0v) is 13.5. The number of thioether (sulfide) groups is 1. The van der Waals surface area contributed by atoms with Gasteiger partial charge in [0.05, 0.1) is 5.60 Å². The molecule has 2 heterocycles. The molecule has 0 aromatic heterocycles. The van der Waals surface area contributed by atoms with Crippen LogP contribution in [0.3, 0.4) is 0 Å². The molecule has 0 saturated carbocycles. The second kappa shape index (κ2) is 6.05. The molecule has 1 aromatic carbocycles. The average Bonchev–Trinajstić information content (AvgIpc) is 2.45. The number of aliphatic hydroxyl groups is 1. The third kappa shape index (κ3) is 3.49. The maximum absolute atomic E-state index is 12.9. The highest BCUT2D eigenvalue weighted by atomic mass is 32.2. The van der Waals surface area contributed by atoms with Gasteiger partial charge in [-0.3, -0.25) is 0 Å².